The molecule has 0 fully saturated rings. The number of aromatic nitrogens is 2. The maximum absolute atomic E-state index is 5.24. The molecular weight excluding hydrogens is 330 g/mol. The van der Waals surface area contributed by atoms with E-state index in [0.29, 0.717) is 12.4 Å². The minimum atomic E-state index is 0.590. The van der Waals surface area contributed by atoms with E-state index in [4.69, 9.17) is 4.74 Å². The minimum absolute atomic E-state index is 0.590. The monoisotopic (exact) mass is 343 g/mol. The first-order valence-electron chi connectivity index (χ1n) is 6.54. The quantitative estimate of drug-likeness (QED) is 0.777. The molecule has 0 spiro atoms. The molecule has 2 aromatic heterocycles. The molecule has 0 bridgehead atoms. The van der Waals surface area contributed by atoms with E-state index in [1.165, 1.54) is 0 Å². The number of hydrogen-bond donors (Lipinski definition) is 1. The van der Waals surface area contributed by atoms with Crippen LogP contribution >= 0.6 is 15.9 Å². The molecule has 0 saturated heterocycles. The van der Waals surface area contributed by atoms with Gasteiger partial charge in [-0.1, -0.05) is 28.1 Å². The summed E-state index contributed by atoms with van der Waals surface area (Å²) in [5, 5.41) is 4.46. The summed E-state index contributed by atoms with van der Waals surface area (Å²) in [7, 11) is 1.62. The SMILES string of the molecule is COc1ncccc1NCc1ccc(Br)c2cccnc12. The van der Waals surface area contributed by atoms with Gasteiger partial charge in [0.15, 0.2) is 0 Å². The molecule has 0 atom stereocenters. The number of pyridine rings is 2. The zero-order chi connectivity index (χ0) is 14.7. The summed E-state index contributed by atoms with van der Waals surface area (Å²) in [4.78, 5) is 8.66. The number of hydrogen-bond acceptors (Lipinski definition) is 4. The number of fused-ring (bicyclic) bond motifs is 1. The molecule has 1 aromatic carbocycles. The lowest BCUT2D eigenvalue weighted by Crippen LogP contribution is -2.03. The molecule has 0 unspecified atom stereocenters. The van der Waals surface area contributed by atoms with Crippen molar-refractivity contribution in [1.82, 2.24) is 9.97 Å². The average molecular weight is 344 g/mol. The Kier molecular flexibility index (Phi) is 4.01. The van der Waals surface area contributed by atoms with Crippen molar-refractivity contribution in [3.63, 3.8) is 0 Å². The van der Waals surface area contributed by atoms with E-state index in [1.54, 1.807) is 13.3 Å². The molecule has 0 aliphatic carbocycles. The summed E-state index contributed by atoms with van der Waals surface area (Å²) in [6.45, 7) is 0.656. The summed E-state index contributed by atoms with van der Waals surface area (Å²) < 4.78 is 6.29. The third-order valence-corrected chi connectivity index (χ3v) is 3.93. The zero-order valence-corrected chi connectivity index (χ0v) is 13.1. The second-order valence-corrected chi connectivity index (χ2v) is 5.37. The van der Waals surface area contributed by atoms with Gasteiger partial charge in [-0.2, -0.15) is 0 Å². The summed E-state index contributed by atoms with van der Waals surface area (Å²) in [5.74, 6) is 0.590. The highest BCUT2D eigenvalue weighted by molar-refractivity contribution is 9.10. The van der Waals surface area contributed by atoms with Gasteiger partial charge in [0, 0.05) is 28.8 Å². The number of nitrogens with zero attached hydrogens (tertiary/aromatic N) is 2. The normalized spacial score (nSPS) is 10.6. The molecule has 1 N–H and O–H groups in total. The van der Waals surface area contributed by atoms with Gasteiger partial charge in [0.1, 0.15) is 0 Å². The Morgan fingerprint density at radius 1 is 1.10 bits per heavy atom. The van der Waals surface area contributed by atoms with Crippen molar-refractivity contribution in [2.45, 2.75) is 6.54 Å². The molecule has 0 amide bonds. The fourth-order valence-corrected chi connectivity index (χ4v) is 2.67. The lowest BCUT2D eigenvalue weighted by atomic mass is 10.1. The third-order valence-electron chi connectivity index (χ3n) is 3.23. The fourth-order valence-electron chi connectivity index (χ4n) is 2.22. The summed E-state index contributed by atoms with van der Waals surface area (Å²) in [6, 6.07) is 11.9. The van der Waals surface area contributed by atoms with Crippen LogP contribution in [0.1, 0.15) is 5.56 Å². The van der Waals surface area contributed by atoms with E-state index in [0.717, 1.165) is 26.6 Å². The molecule has 3 rings (SSSR count). The van der Waals surface area contributed by atoms with E-state index < -0.39 is 0 Å². The third kappa shape index (κ3) is 2.83. The van der Waals surface area contributed by atoms with Crippen molar-refractivity contribution in [2.75, 3.05) is 12.4 Å². The smallest absolute Gasteiger partial charge is 0.237 e. The van der Waals surface area contributed by atoms with Gasteiger partial charge in [0.05, 0.1) is 18.3 Å². The van der Waals surface area contributed by atoms with Crippen LogP contribution in [0.5, 0.6) is 5.88 Å². The number of halogens is 1. The van der Waals surface area contributed by atoms with Gasteiger partial charge >= 0.3 is 0 Å². The van der Waals surface area contributed by atoms with Crippen LogP contribution in [0.2, 0.25) is 0 Å². The first-order valence-corrected chi connectivity index (χ1v) is 7.34. The van der Waals surface area contributed by atoms with Crippen molar-refractivity contribution in [3.05, 3.63) is 58.8 Å². The van der Waals surface area contributed by atoms with Gasteiger partial charge in [-0.05, 0) is 29.8 Å². The van der Waals surface area contributed by atoms with Crippen LogP contribution in [0.25, 0.3) is 10.9 Å². The number of rotatable bonds is 4. The summed E-state index contributed by atoms with van der Waals surface area (Å²) >= 11 is 3.56. The maximum Gasteiger partial charge on any atom is 0.237 e. The van der Waals surface area contributed by atoms with Crippen LogP contribution in [0.3, 0.4) is 0 Å². The van der Waals surface area contributed by atoms with Gasteiger partial charge in [0.2, 0.25) is 5.88 Å². The van der Waals surface area contributed by atoms with Crippen LogP contribution < -0.4 is 10.1 Å². The number of nitrogens with one attached hydrogen (secondary N) is 1. The first-order chi connectivity index (χ1) is 10.3. The van der Waals surface area contributed by atoms with Gasteiger partial charge < -0.3 is 10.1 Å². The predicted molar refractivity (Wildman–Crippen MR) is 87.6 cm³/mol. The fraction of sp³-hybridized carbons (Fsp3) is 0.125. The summed E-state index contributed by atoms with van der Waals surface area (Å²) in [6.07, 6.45) is 3.52. The molecule has 0 aliphatic heterocycles. The molecule has 2 heterocycles. The molecule has 106 valence electrons. The molecule has 0 radical (unpaired) electrons. The van der Waals surface area contributed by atoms with E-state index in [-0.39, 0.29) is 0 Å². The Morgan fingerprint density at radius 2 is 1.90 bits per heavy atom. The van der Waals surface area contributed by atoms with Crippen molar-refractivity contribution < 1.29 is 4.74 Å². The summed E-state index contributed by atoms with van der Waals surface area (Å²) in [5.41, 5.74) is 2.98. The molecule has 3 aromatic rings. The van der Waals surface area contributed by atoms with Crippen molar-refractivity contribution >= 4 is 32.5 Å². The Balaban J connectivity index is 1.91. The lowest BCUT2D eigenvalue weighted by molar-refractivity contribution is 0.399. The van der Waals surface area contributed by atoms with Gasteiger partial charge in [-0.25, -0.2) is 4.98 Å². The highest BCUT2D eigenvalue weighted by atomic mass is 79.9. The van der Waals surface area contributed by atoms with Crippen LogP contribution in [-0.2, 0) is 6.54 Å². The average Bonchev–Trinajstić information content (AvgIpc) is 2.55. The van der Waals surface area contributed by atoms with Crippen LogP contribution in [0, 0.1) is 0 Å². The first kappa shape index (κ1) is 13.8. The molecular formula is C16H14BrN3O. The topological polar surface area (TPSA) is 47.0 Å². The van der Waals surface area contributed by atoms with E-state index in [1.807, 2.05) is 30.5 Å². The number of anilines is 1. The lowest BCUT2D eigenvalue weighted by Gasteiger charge is -2.11. The van der Waals surface area contributed by atoms with Crippen LogP contribution in [0.4, 0.5) is 5.69 Å². The number of benzene rings is 1. The Labute approximate surface area is 131 Å². The van der Waals surface area contributed by atoms with E-state index in [2.05, 4.69) is 43.3 Å². The molecule has 0 saturated carbocycles. The van der Waals surface area contributed by atoms with Gasteiger partial charge in [-0.3, -0.25) is 4.98 Å². The van der Waals surface area contributed by atoms with Crippen molar-refractivity contribution in [1.29, 1.82) is 0 Å². The highest BCUT2D eigenvalue weighted by Crippen LogP contribution is 2.27. The molecule has 21 heavy (non-hydrogen) atoms. The van der Waals surface area contributed by atoms with Crippen LogP contribution in [0.15, 0.2) is 53.3 Å². The minimum Gasteiger partial charge on any atom is -0.480 e. The van der Waals surface area contributed by atoms with Crippen LogP contribution in [-0.4, -0.2) is 17.1 Å². The van der Waals surface area contributed by atoms with Crippen molar-refractivity contribution in [2.24, 2.45) is 0 Å². The van der Waals surface area contributed by atoms with Gasteiger partial charge in [0.25, 0.3) is 0 Å². The van der Waals surface area contributed by atoms with E-state index >= 15 is 0 Å². The Morgan fingerprint density at radius 3 is 2.76 bits per heavy atom. The Bertz CT molecular complexity index is 776. The van der Waals surface area contributed by atoms with Crippen molar-refractivity contribution in [3.8, 4) is 5.88 Å². The molecule has 0 aliphatic rings. The second-order valence-electron chi connectivity index (χ2n) is 4.52. The van der Waals surface area contributed by atoms with Gasteiger partial charge in [-0.15, -0.1) is 0 Å². The predicted octanol–water partition coefficient (Wildman–Crippen LogP) is 4.01. The zero-order valence-electron chi connectivity index (χ0n) is 11.5. The second kappa shape index (κ2) is 6.10. The number of ether oxygens (including phenoxy) is 1. The standard InChI is InChI=1S/C16H14BrN3O/c1-21-16-14(5-3-9-19-16)20-10-11-6-7-13(17)12-4-2-8-18-15(11)12/h2-9,20H,10H2,1H3. The number of methoxy groups -OCH3 is 1. The largest absolute Gasteiger partial charge is 0.480 e. The molecule has 5 heteroatoms. The Hall–Kier alpha value is -2.14. The van der Waals surface area contributed by atoms with E-state index in [9.17, 15) is 0 Å². The molecule has 4 nitrogen and oxygen atoms in total. The maximum atomic E-state index is 5.24. The highest BCUT2D eigenvalue weighted by Gasteiger charge is 2.07.